The minimum atomic E-state index is -4.63. The predicted molar refractivity (Wildman–Crippen MR) is 80.3 cm³/mol. The number of halogens is 3. The number of amides is 1. The summed E-state index contributed by atoms with van der Waals surface area (Å²) in [6.07, 6.45) is -1.61. The van der Waals surface area contributed by atoms with E-state index >= 15 is 0 Å². The van der Waals surface area contributed by atoms with E-state index in [1.807, 2.05) is 0 Å². The number of imidazole rings is 1. The number of hydrogen-bond donors (Lipinski definition) is 2. The summed E-state index contributed by atoms with van der Waals surface area (Å²) in [7, 11) is 0. The van der Waals surface area contributed by atoms with Gasteiger partial charge in [-0.05, 0) is 18.8 Å². The van der Waals surface area contributed by atoms with E-state index in [1.54, 1.807) is 4.90 Å². The summed E-state index contributed by atoms with van der Waals surface area (Å²) < 4.78 is 39.1. The minimum Gasteiger partial charge on any atom is -0.356 e. The molecule has 2 N–H and O–H groups in total. The lowest BCUT2D eigenvalue weighted by Gasteiger charge is -2.33. The minimum absolute atomic E-state index is 0.00342. The molecule has 24 heavy (non-hydrogen) atoms. The third-order valence-electron chi connectivity index (χ3n) is 3.98. The second-order valence-electron chi connectivity index (χ2n) is 5.86. The fourth-order valence-electron chi connectivity index (χ4n) is 2.89. The molecule has 1 aliphatic rings. The van der Waals surface area contributed by atoms with Crippen LogP contribution in [0.4, 0.5) is 19.0 Å². The molecule has 1 amide bonds. The Bertz CT molecular complexity index is 744. The molecule has 130 valence electrons. The van der Waals surface area contributed by atoms with E-state index < -0.39 is 12.0 Å². The Hall–Kier alpha value is -2.39. The number of piperidine rings is 1. The second-order valence-corrected chi connectivity index (χ2v) is 5.86. The van der Waals surface area contributed by atoms with Crippen LogP contribution in [-0.4, -0.2) is 45.5 Å². The number of fused-ring (bicyclic) bond motifs is 1. The Balaban J connectivity index is 1.90. The van der Waals surface area contributed by atoms with Gasteiger partial charge in [0, 0.05) is 26.6 Å². The van der Waals surface area contributed by atoms with E-state index in [9.17, 15) is 18.0 Å². The van der Waals surface area contributed by atoms with Crippen LogP contribution >= 0.6 is 0 Å². The maximum Gasteiger partial charge on any atom is 0.451 e. The molecule has 3 rings (SSSR count). The molecule has 0 spiro atoms. The third-order valence-corrected chi connectivity index (χ3v) is 3.98. The predicted octanol–water partition coefficient (Wildman–Crippen LogP) is 1.72. The molecule has 1 unspecified atom stereocenters. The van der Waals surface area contributed by atoms with Crippen molar-refractivity contribution < 1.29 is 18.0 Å². The SMILES string of the molecule is CC(=O)NCC1CCCN(c2nc(C(F)(F)F)nc3nc[nH]c23)C1. The number of rotatable bonds is 3. The van der Waals surface area contributed by atoms with Gasteiger partial charge in [-0.3, -0.25) is 4.79 Å². The molecule has 1 saturated heterocycles. The van der Waals surface area contributed by atoms with Gasteiger partial charge in [0.2, 0.25) is 11.7 Å². The Morgan fingerprint density at radius 1 is 1.46 bits per heavy atom. The Morgan fingerprint density at radius 2 is 2.25 bits per heavy atom. The molecule has 2 aromatic heterocycles. The highest BCUT2D eigenvalue weighted by Crippen LogP contribution is 2.32. The van der Waals surface area contributed by atoms with E-state index in [-0.39, 0.29) is 23.3 Å². The van der Waals surface area contributed by atoms with Crippen LogP contribution in [-0.2, 0) is 11.0 Å². The van der Waals surface area contributed by atoms with Crippen molar-refractivity contribution in [3.05, 3.63) is 12.2 Å². The van der Waals surface area contributed by atoms with Crippen LogP contribution < -0.4 is 10.2 Å². The smallest absolute Gasteiger partial charge is 0.356 e. The average molecular weight is 342 g/mol. The van der Waals surface area contributed by atoms with E-state index in [4.69, 9.17) is 0 Å². The van der Waals surface area contributed by atoms with E-state index in [1.165, 1.54) is 13.3 Å². The van der Waals surface area contributed by atoms with Crippen molar-refractivity contribution in [2.45, 2.75) is 25.9 Å². The van der Waals surface area contributed by atoms with E-state index in [2.05, 4.69) is 25.3 Å². The van der Waals surface area contributed by atoms with Crippen LogP contribution in [0.3, 0.4) is 0 Å². The molecule has 0 aromatic carbocycles. The van der Waals surface area contributed by atoms with Crippen molar-refractivity contribution in [2.75, 3.05) is 24.5 Å². The average Bonchev–Trinajstić information content (AvgIpc) is 3.00. The second kappa shape index (κ2) is 6.25. The number of H-pyrrole nitrogens is 1. The molecule has 1 atom stereocenters. The van der Waals surface area contributed by atoms with Gasteiger partial charge in [-0.1, -0.05) is 0 Å². The van der Waals surface area contributed by atoms with Crippen LogP contribution in [0, 0.1) is 5.92 Å². The zero-order chi connectivity index (χ0) is 17.3. The molecular weight excluding hydrogens is 325 g/mol. The quantitative estimate of drug-likeness (QED) is 0.887. The van der Waals surface area contributed by atoms with Crippen molar-refractivity contribution in [2.24, 2.45) is 5.92 Å². The van der Waals surface area contributed by atoms with Crippen molar-refractivity contribution in [1.29, 1.82) is 0 Å². The molecule has 2 aromatic rings. The van der Waals surface area contributed by atoms with Gasteiger partial charge in [0.1, 0.15) is 5.52 Å². The van der Waals surface area contributed by atoms with Gasteiger partial charge >= 0.3 is 6.18 Å². The molecule has 0 radical (unpaired) electrons. The molecule has 1 fully saturated rings. The van der Waals surface area contributed by atoms with E-state index in [0.717, 1.165) is 12.8 Å². The number of anilines is 1. The maximum absolute atomic E-state index is 13.0. The first kappa shape index (κ1) is 16.5. The standard InChI is InChI=1S/C14H17F3N6O/c1-8(24)18-5-9-3-2-4-23(6-9)12-10-11(20-7-19-10)21-13(22-12)14(15,16)17/h7,9H,2-6H2,1H3,(H,18,24)(H,19,20,21,22). The fourth-order valence-corrected chi connectivity index (χ4v) is 2.89. The molecule has 0 bridgehead atoms. The summed E-state index contributed by atoms with van der Waals surface area (Å²) in [6, 6.07) is 0. The summed E-state index contributed by atoms with van der Waals surface area (Å²) >= 11 is 0. The zero-order valence-corrected chi connectivity index (χ0v) is 13.0. The van der Waals surface area contributed by atoms with Crippen LogP contribution in [0.25, 0.3) is 11.2 Å². The van der Waals surface area contributed by atoms with Gasteiger partial charge in [0.05, 0.1) is 6.33 Å². The number of alkyl halides is 3. The first-order valence-corrected chi connectivity index (χ1v) is 7.62. The first-order valence-electron chi connectivity index (χ1n) is 7.62. The number of aromatic amines is 1. The molecule has 0 aliphatic carbocycles. The molecule has 7 nitrogen and oxygen atoms in total. The van der Waals surface area contributed by atoms with Crippen LogP contribution in [0.2, 0.25) is 0 Å². The third kappa shape index (κ3) is 3.41. The topological polar surface area (TPSA) is 86.8 Å². The van der Waals surface area contributed by atoms with Crippen molar-refractivity contribution in [1.82, 2.24) is 25.3 Å². The van der Waals surface area contributed by atoms with Crippen molar-refractivity contribution in [3.63, 3.8) is 0 Å². The summed E-state index contributed by atoms with van der Waals surface area (Å²) in [6.45, 7) is 3.05. The Morgan fingerprint density at radius 3 is 2.96 bits per heavy atom. The largest absolute Gasteiger partial charge is 0.451 e. The normalized spacial score (nSPS) is 18.8. The zero-order valence-electron chi connectivity index (χ0n) is 13.0. The molecule has 0 saturated carbocycles. The first-order chi connectivity index (χ1) is 11.3. The van der Waals surface area contributed by atoms with Gasteiger partial charge in [-0.25, -0.2) is 15.0 Å². The highest BCUT2D eigenvalue weighted by molar-refractivity contribution is 5.83. The fraction of sp³-hybridized carbons (Fsp3) is 0.571. The lowest BCUT2D eigenvalue weighted by Crippen LogP contribution is -2.41. The highest BCUT2D eigenvalue weighted by Gasteiger charge is 2.37. The van der Waals surface area contributed by atoms with Crippen LogP contribution in [0.15, 0.2) is 6.33 Å². The van der Waals surface area contributed by atoms with Gasteiger partial charge < -0.3 is 15.2 Å². The van der Waals surface area contributed by atoms with Gasteiger partial charge in [0.15, 0.2) is 11.5 Å². The highest BCUT2D eigenvalue weighted by atomic mass is 19.4. The number of carbonyl (C=O) groups excluding carboxylic acids is 1. The summed E-state index contributed by atoms with van der Waals surface area (Å²) in [4.78, 5) is 26.7. The Labute approximate surface area is 135 Å². The van der Waals surface area contributed by atoms with Crippen molar-refractivity contribution in [3.8, 4) is 0 Å². The number of carbonyl (C=O) groups is 1. The monoisotopic (exact) mass is 342 g/mol. The molecule has 10 heteroatoms. The summed E-state index contributed by atoms with van der Waals surface area (Å²) in [5.74, 6) is -0.951. The number of hydrogen-bond acceptors (Lipinski definition) is 5. The number of nitrogens with one attached hydrogen (secondary N) is 2. The van der Waals surface area contributed by atoms with Gasteiger partial charge in [-0.2, -0.15) is 13.2 Å². The Kier molecular flexibility index (Phi) is 4.29. The van der Waals surface area contributed by atoms with Gasteiger partial charge in [-0.15, -0.1) is 0 Å². The summed E-state index contributed by atoms with van der Waals surface area (Å²) in [5.41, 5.74) is 0.388. The molecule has 1 aliphatic heterocycles. The number of nitrogens with zero attached hydrogens (tertiary/aromatic N) is 4. The molecular formula is C14H17F3N6O. The lowest BCUT2D eigenvalue weighted by atomic mass is 9.98. The van der Waals surface area contributed by atoms with E-state index in [0.29, 0.717) is 25.2 Å². The van der Waals surface area contributed by atoms with Gasteiger partial charge in [0.25, 0.3) is 0 Å². The maximum atomic E-state index is 13.0. The molecule has 3 heterocycles. The van der Waals surface area contributed by atoms with Crippen molar-refractivity contribution >= 4 is 22.9 Å². The van der Waals surface area contributed by atoms with Crippen LogP contribution in [0.5, 0.6) is 0 Å². The van der Waals surface area contributed by atoms with Crippen LogP contribution in [0.1, 0.15) is 25.6 Å². The lowest BCUT2D eigenvalue weighted by molar-refractivity contribution is -0.144. The number of aromatic nitrogens is 4. The summed E-state index contributed by atoms with van der Waals surface area (Å²) in [5, 5.41) is 2.76.